The number of hydrogen-bond donors (Lipinski definition) is 1. The van der Waals surface area contributed by atoms with E-state index in [1.165, 1.54) is 25.6 Å². The molecule has 1 N–H and O–H groups in total. The molecule has 1 aromatic carbocycles. The van der Waals surface area contributed by atoms with Crippen LogP contribution in [0.1, 0.15) is 18.2 Å². The number of hydrazone groups is 1. The molecule has 2 rings (SSSR count). The number of methoxy groups -OCH3 is 2. The van der Waals surface area contributed by atoms with E-state index in [0.717, 1.165) is 15.7 Å². The van der Waals surface area contributed by atoms with E-state index in [4.69, 9.17) is 9.47 Å². The monoisotopic (exact) mass is 427 g/mol. The zero-order chi connectivity index (χ0) is 18.4. The van der Waals surface area contributed by atoms with Crippen molar-refractivity contribution >= 4 is 44.6 Å². The summed E-state index contributed by atoms with van der Waals surface area (Å²) in [6.45, 7) is 3.52. The molecule has 0 saturated carbocycles. The van der Waals surface area contributed by atoms with Crippen LogP contribution in [-0.4, -0.2) is 37.5 Å². The number of nitrogens with zero attached hydrogens (tertiary/aromatic N) is 2. The van der Waals surface area contributed by atoms with Crippen LogP contribution < -0.4 is 14.9 Å². The summed E-state index contributed by atoms with van der Waals surface area (Å²) in [6, 6.07) is 3.47. The second-order valence-electron chi connectivity index (χ2n) is 4.97. The normalized spacial score (nSPS) is 12.0. The van der Waals surface area contributed by atoms with Gasteiger partial charge in [-0.05, 0) is 41.9 Å². The van der Waals surface area contributed by atoms with Crippen molar-refractivity contribution in [1.29, 1.82) is 0 Å². The lowest BCUT2D eigenvalue weighted by Gasteiger charge is -2.16. The fraction of sp³-hybridized carbons (Fsp3) is 0.312. The van der Waals surface area contributed by atoms with Gasteiger partial charge >= 0.3 is 5.97 Å². The maximum atomic E-state index is 11.5. The number of thiazole rings is 1. The number of benzene rings is 1. The topological polar surface area (TPSA) is 82.0 Å². The molecule has 1 heterocycles. The number of aromatic nitrogens is 1. The molecule has 1 atom stereocenters. The minimum atomic E-state index is -0.750. The highest BCUT2D eigenvalue weighted by Crippen LogP contribution is 2.33. The maximum absolute atomic E-state index is 11.5. The van der Waals surface area contributed by atoms with Crippen LogP contribution in [0.4, 0.5) is 5.13 Å². The number of carbonyl (C=O) groups excluding carboxylic acids is 1. The smallest absolute Gasteiger partial charge is 0.346 e. The Bertz CT molecular complexity index is 779. The fourth-order valence-electron chi connectivity index (χ4n) is 1.87. The van der Waals surface area contributed by atoms with Gasteiger partial charge in [-0.3, -0.25) is 5.43 Å². The highest BCUT2D eigenvalue weighted by molar-refractivity contribution is 9.10. The minimum Gasteiger partial charge on any atom is -0.493 e. The van der Waals surface area contributed by atoms with E-state index in [-0.39, 0.29) is 0 Å². The van der Waals surface area contributed by atoms with E-state index in [1.807, 2.05) is 12.3 Å². The number of hydrogen-bond acceptors (Lipinski definition) is 8. The van der Waals surface area contributed by atoms with E-state index in [2.05, 4.69) is 36.2 Å². The second kappa shape index (κ2) is 8.82. The number of halogens is 1. The number of anilines is 1. The molecule has 25 heavy (non-hydrogen) atoms. The summed E-state index contributed by atoms with van der Waals surface area (Å²) in [7, 11) is 2.84. The van der Waals surface area contributed by atoms with E-state index in [1.54, 1.807) is 25.3 Å². The SMILES string of the molecule is COC(=O)C(C)Oc1cc(Br)c(C=NNc2nc(C)cs2)cc1OC. The van der Waals surface area contributed by atoms with Crippen molar-refractivity contribution in [3.05, 3.63) is 33.2 Å². The zero-order valence-corrected chi connectivity index (χ0v) is 16.6. The Hall–Kier alpha value is -2.13. The van der Waals surface area contributed by atoms with Gasteiger partial charge in [-0.2, -0.15) is 5.10 Å². The van der Waals surface area contributed by atoms with Gasteiger partial charge in [-0.25, -0.2) is 9.78 Å². The van der Waals surface area contributed by atoms with Crippen molar-refractivity contribution in [2.45, 2.75) is 20.0 Å². The van der Waals surface area contributed by atoms with Gasteiger partial charge in [0.2, 0.25) is 5.13 Å². The van der Waals surface area contributed by atoms with Crippen LogP contribution in [0.15, 0.2) is 27.1 Å². The summed E-state index contributed by atoms with van der Waals surface area (Å²) < 4.78 is 16.3. The Labute approximate surface area is 158 Å². The molecule has 1 unspecified atom stereocenters. The number of carbonyl (C=O) groups is 1. The van der Waals surface area contributed by atoms with Gasteiger partial charge in [0.15, 0.2) is 17.6 Å². The van der Waals surface area contributed by atoms with Gasteiger partial charge in [0.25, 0.3) is 0 Å². The third-order valence-electron chi connectivity index (χ3n) is 3.10. The third-order valence-corrected chi connectivity index (χ3v) is 4.65. The first-order chi connectivity index (χ1) is 11.9. The lowest BCUT2D eigenvalue weighted by molar-refractivity contribution is -0.147. The summed E-state index contributed by atoms with van der Waals surface area (Å²) in [6.07, 6.45) is 0.886. The summed E-state index contributed by atoms with van der Waals surface area (Å²) in [4.78, 5) is 15.8. The molecule has 7 nitrogen and oxygen atoms in total. The molecular weight excluding hydrogens is 410 g/mol. The third kappa shape index (κ3) is 5.17. The lowest BCUT2D eigenvalue weighted by Crippen LogP contribution is -2.25. The molecule has 2 aromatic rings. The van der Waals surface area contributed by atoms with Crippen molar-refractivity contribution in [2.75, 3.05) is 19.6 Å². The van der Waals surface area contributed by atoms with E-state index >= 15 is 0 Å². The van der Waals surface area contributed by atoms with Gasteiger partial charge in [0, 0.05) is 15.4 Å². The largest absolute Gasteiger partial charge is 0.493 e. The predicted molar refractivity (Wildman–Crippen MR) is 101 cm³/mol. The van der Waals surface area contributed by atoms with Gasteiger partial charge in [-0.1, -0.05) is 0 Å². The highest BCUT2D eigenvalue weighted by Gasteiger charge is 2.18. The van der Waals surface area contributed by atoms with Gasteiger partial charge in [-0.15, -0.1) is 11.3 Å². The fourth-order valence-corrected chi connectivity index (χ4v) is 2.93. The summed E-state index contributed by atoms with van der Waals surface area (Å²) >= 11 is 4.94. The average molecular weight is 428 g/mol. The summed E-state index contributed by atoms with van der Waals surface area (Å²) in [5, 5.41) is 6.81. The van der Waals surface area contributed by atoms with Crippen molar-refractivity contribution in [3.63, 3.8) is 0 Å². The highest BCUT2D eigenvalue weighted by atomic mass is 79.9. The Morgan fingerprint density at radius 2 is 2.16 bits per heavy atom. The number of nitrogens with one attached hydrogen (secondary N) is 1. The van der Waals surface area contributed by atoms with Gasteiger partial charge < -0.3 is 14.2 Å². The van der Waals surface area contributed by atoms with Crippen LogP contribution in [0.5, 0.6) is 11.5 Å². The second-order valence-corrected chi connectivity index (χ2v) is 6.68. The van der Waals surface area contributed by atoms with Gasteiger partial charge in [0.05, 0.1) is 26.1 Å². The predicted octanol–water partition coefficient (Wildman–Crippen LogP) is 3.61. The average Bonchev–Trinajstić information content (AvgIpc) is 3.01. The number of aryl methyl sites for hydroxylation is 1. The van der Waals surface area contributed by atoms with Gasteiger partial charge in [0.1, 0.15) is 0 Å². The van der Waals surface area contributed by atoms with Crippen LogP contribution in [0, 0.1) is 6.92 Å². The molecule has 1 aromatic heterocycles. The molecule has 0 fully saturated rings. The molecular formula is C16H18BrN3O4S. The molecule has 0 radical (unpaired) electrons. The van der Waals surface area contributed by atoms with Crippen LogP contribution in [0.25, 0.3) is 0 Å². The standard InChI is InChI=1S/C16H18BrN3O4S/c1-9-8-25-16(19-9)20-18-7-11-5-13(22-3)14(6-12(11)17)24-10(2)15(21)23-4/h5-8,10H,1-4H3,(H,19,20). The lowest BCUT2D eigenvalue weighted by atomic mass is 10.2. The molecule has 0 spiro atoms. The molecule has 0 aliphatic heterocycles. The van der Waals surface area contributed by atoms with E-state index in [9.17, 15) is 4.79 Å². The van der Waals surface area contributed by atoms with E-state index in [0.29, 0.717) is 16.6 Å². The van der Waals surface area contributed by atoms with Crippen molar-refractivity contribution in [1.82, 2.24) is 4.98 Å². The van der Waals surface area contributed by atoms with Crippen LogP contribution in [0.2, 0.25) is 0 Å². The minimum absolute atomic E-state index is 0.424. The molecule has 0 bridgehead atoms. The first-order valence-electron chi connectivity index (χ1n) is 7.27. The van der Waals surface area contributed by atoms with Crippen LogP contribution in [-0.2, 0) is 9.53 Å². The summed E-state index contributed by atoms with van der Waals surface area (Å²) in [5.74, 6) is 0.435. The van der Waals surface area contributed by atoms with Crippen molar-refractivity contribution in [2.24, 2.45) is 5.10 Å². The Morgan fingerprint density at radius 1 is 1.40 bits per heavy atom. The molecule has 134 valence electrons. The zero-order valence-electron chi connectivity index (χ0n) is 14.2. The van der Waals surface area contributed by atoms with Crippen molar-refractivity contribution in [3.8, 4) is 11.5 Å². The van der Waals surface area contributed by atoms with E-state index < -0.39 is 12.1 Å². The first kappa shape index (κ1) is 19.2. The molecule has 0 saturated heterocycles. The quantitative estimate of drug-likeness (QED) is 0.412. The number of esters is 1. The van der Waals surface area contributed by atoms with Crippen LogP contribution >= 0.6 is 27.3 Å². The van der Waals surface area contributed by atoms with Crippen LogP contribution in [0.3, 0.4) is 0 Å². The summed E-state index contributed by atoms with van der Waals surface area (Å²) in [5.41, 5.74) is 4.58. The molecule has 0 aliphatic carbocycles. The molecule has 9 heteroatoms. The molecule has 0 amide bonds. The number of rotatable bonds is 7. The number of ether oxygens (including phenoxy) is 3. The Morgan fingerprint density at radius 3 is 2.76 bits per heavy atom. The maximum Gasteiger partial charge on any atom is 0.346 e. The molecule has 0 aliphatic rings. The van der Waals surface area contributed by atoms with Crippen molar-refractivity contribution < 1.29 is 19.0 Å². The Kier molecular flexibility index (Phi) is 6.77. The Balaban J connectivity index is 2.16. The first-order valence-corrected chi connectivity index (χ1v) is 8.95.